The highest BCUT2D eigenvalue weighted by Gasteiger charge is 2.51. The highest BCUT2D eigenvalue weighted by atomic mass is 35.5. The smallest absolute Gasteiger partial charge is 0.325 e. The third-order valence-electron chi connectivity index (χ3n) is 7.21. The lowest BCUT2D eigenvalue weighted by atomic mass is 9.88. The van der Waals surface area contributed by atoms with Gasteiger partial charge < -0.3 is 10.2 Å². The molecule has 1 atom stereocenters. The minimum Gasteiger partial charge on any atom is -0.335 e. The van der Waals surface area contributed by atoms with E-state index < -0.39 is 17.5 Å². The lowest BCUT2D eigenvalue weighted by molar-refractivity contribution is -0.143. The SMILES string of the molecule is C[C@]1(c2ccccc2Cl)NC(=O)N(CC(=O)N(C2CCCCC2)C2CCCCC2)C1=O. The maximum absolute atomic E-state index is 13.5. The van der Waals surface area contributed by atoms with Gasteiger partial charge in [-0.3, -0.25) is 14.5 Å². The number of urea groups is 1. The average Bonchev–Trinajstić information content (AvgIpc) is 2.99. The van der Waals surface area contributed by atoms with E-state index in [1.165, 1.54) is 12.8 Å². The molecule has 1 aromatic carbocycles. The van der Waals surface area contributed by atoms with Crippen LogP contribution < -0.4 is 5.32 Å². The molecule has 0 unspecified atom stereocenters. The minimum atomic E-state index is -1.27. The molecule has 6 nitrogen and oxygen atoms in total. The Bertz CT molecular complexity index is 830. The van der Waals surface area contributed by atoms with Gasteiger partial charge in [-0.15, -0.1) is 0 Å². The zero-order valence-electron chi connectivity index (χ0n) is 18.2. The largest absolute Gasteiger partial charge is 0.335 e. The summed E-state index contributed by atoms with van der Waals surface area (Å²) < 4.78 is 0. The Morgan fingerprint density at radius 3 is 2.13 bits per heavy atom. The molecular weight excluding hydrogens is 414 g/mol. The first-order chi connectivity index (χ1) is 14.9. The van der Waals surface area contributed by atoms with E-state index in [0.717, 1.165) is 56.3 Å². The van der Waals surface area contributed by atoms with Crippen molar-refractivity contribution in [3.63, 3.8) is 0 Å². The molecule has 0 spiro atoms. The lowest BCUT2D eigenvalue weighted by Crippen LogP contribution is -2.53. The summed E-state index contributed by atoms with van der Waals surface area (Å²) >= 11 is 6.32. The van der Waals surface area contributed by atoms with Crippen molar-refractivity contribution < 1.29 is 14.4 Å². The van der Waals surface area contributed by atoms with E-state index in [9.17, 15) is 14.4 Å². The molecule has 3 fully saturated rings. The number of nitrogens with zero attached hydrogens (tertiary/aromatic N) is 2. The number of halogens is 1. The molecule has 1 N–H and O–H groups in total. The standard InChI is InChI=1S/C24H32ClN3O3/c1-24(19-14-8-9-15-20(19)25)22(30)27(23(31)26-24)16-21(29)28(17-10-4-2-5-11-17)18-12-6-3-7-13-18/h8-9,14-15,17-18H,2-7,10-13,16H2,1H3,(H,26,31)/t24-/m1/s1. The Morgan fingerprint density at radius 1 is 1.03 bits per heavy atom. The summed E-state index contributed by atoms with van der Waals surface area (Å²) in [6.07, 6.45) is 11.0. The molecule has 7 heteroatoms. The monoisotopic (exact) mass is 445 g/mol. The van der Waals surface area contributed by atoms with E-state index in [2.05, 4.69) is 5.32 Å². The summed E-state index contributed by atoms with van der Waals surface area (Å²) in [5.41, 5.74) is -0.725. The van der Waals surface area contributed by atoms with Gasteiger partial charge in [0.25, 0.3) is 5.91 Å². The van der Waals surface area contributed by atoms with Crippen molar-refractivity contribution in [2.24, 2.45) is 0 Å². The normalized spacial score (nSPS) is 25.5. The molecule has 168 valence electrons. The Hall–Kier alpha value is -2.08. The quantitative estimate of drug-likeness (QED) is 0.673. The number of hydrogen-bond donors (Lipinski definition) is 1. The van der Waals surface area contributed by atoms with Gasteiger partial charge in [0.1, 0.15) is 12.1 Å². The van der Waals surface area contributed by atoms with Gasteiger partial charge in [0.2, 0.25) is 5.91 Å². The highest BCUT2D eigenvalue weighted by molar-refractivity contribution is 6.32. The Morgan fingerprint density at radius 2 is 1.58 bits per heavy atom. The van der Waals surface area contributed by atoms with Crippen LogP contribution in [0.1, 0.15) is 76.7 Å². The summed E-state index contributed by atoms with van der Waals surface area (Å²) in [7, 11) is 0. The number of carbonyl (C=O) groups excluding carboxylic acids is 3. The van der Waals surface area contributed by atoms with Crippen LogP contribution in [0.2, 0.25) is 5.02 Å². The van der Waals surface area contributed by atoms with Gasteiger partial charge in [0.05, 0.1) is 0 Å². The van der Waals surface area contributed by atoms with Crippen LogP contribution in [0.3, 0.4) is 0 Å². The minimum absolute atomic E-state index is 0.106. The molecule has 4 amide bonds. The predicted molar refractivity (Wildman–Crippen MR) is 120 cm³/mol. The van der Waals surface area contributed by atoms with E-state index in [-0.39, 0.29) is 24.5 Å². The van der Waals surface area contributed by atoms with Crippen molar-refractivity contribution in [1.29, 1.82) is 0 Å². The Balaban J connectivity index is 1.54. The van der Waals surface area contributed by atoms with E-state index in [1.807, 2.05) is 4.90 Å². The fraction of sp³-hybridized carbons (Fsp3) is 0.625. The van der Waals surface area contributed by atoms with E-state index in [4.69, 9.17) is 11.6 Å². The molecule has 1 saturated heterocycles. The maximum Gasteiger partial charge on any atom is 0.325 e. The third-order valence-corrected chi connectivity index (χ3v) is 7.53. The second kappa shape index (κ2) is 9.19. The molecule has 31 heavy (non-hydrogen) atoms. The Labute approximate surface area is 189 Å². The van der Waals surface area contributed by atoms with Gasteiger partial charge in [0, 0.05) is 22.7 Å². The van der Waals surface area contributed by atoms with Crippen LogP contribution in [0.4, 0.5) is 4.79 Å². The van der Waals surface area contributed by atoms with Gasteiger partial charge in [-0.2, -0.15) is 0 Å². The van der Waals surface area contributed by atoms with Crippen molar-refractivity contribution >= 4 is 29.4 Å². The number of hydrogen-bond acceptors (Lipinski definition) is 3. The van der Waals surface area contributed by atoms with E-state index >= 15 is 0 Å². The van der Waals surface area contributed by atoms with Crippen molar-refractivity contribution in [3.8, 4) is 0 Å². The Kier molecular flexibility index (Phi) is 6.56. The van der Waals surface area contributed by atoms with Crippen molar-refractivity contribution in [1.82, 2.24) is 15.1 Å². The number of imide groups is 1. The molecule has 0 bridgehead atoms. The van der Waals surface area contributed by atoms with Gasteiger partial charge in [-0.25, -0.2) is 4.79 Å². The number of benzene rings is 1. The van der Waals surface area contributed by atoms with Crippen LogP contribution in [-0.4, -0.2) is 46.3 Å². The fourth-order valence-corrected chi connectivity index (χ4v) is 5.86. The molecule has 2 saturated carbocycles. The van der Waals surface area contributed by atoms with Gasteiger partial charge in [-0.1, -0.05) is 68.3 Å². The second-order valence-corrected chi connectivity index (χ2v) is 9.72. The van der Waals surface area contributed by atoms with Crippen LogP contribution >= 0.6 is 11.6 Å². The summed E-state index contributed by atoms with van der Waals surface area (Å²) in [6, 6.07) is 6.91. The van der Waals surface area contributed by atoms with E-state index in [1.54, 1.807) is 31.2 Å². The summed E-state index contributed by atoms with van der Waals surface area (Å²) in [5.74, 6) is -0.531. The van der Waals surface area contributed by atoms with Crippen molar-refractivity contribution in [2.45, 2.75) is 88.8 Å². The number of nitrogens with one attached hydrogen (secondary N) is 1. The van der Waals surface area contributed by atoms with Crippen LogP contribution in [0.25, 0.3) is 0 Å². The fourth-order valence-electron chi connectivity index (χ4n) is 5.53. The highest BCUT2D eigenvalue weighted by Crippen LogP contribution is 2.34. The molecule has 1 aliphatic heterocycles. The molecule has 0 radical (unpaired) electrons. The van der Waals surface area contributed by atoms with Crippen LogP contribution in [0.5, 0.6) is 0 Å². The summed E-state index contributed by atoms with van der Waals surface area (Å²) in [5, 5.41) is 3.19. The van der Waals surface area contributed by atoms with E-state index in [0.29, 0.717) is 10.6 Å². The first kappa shape index (κ1) is 22.1. The third kappa shape index (κ3) is 4.32. The molecule has 4 rings (SSSR count). The van der Waals surface area contributed by atoms with Gasteiger partial charge in [0.15, 0.2) is 0 Å². The predicted octanol–water partition coefficient (Wildman–Crippen LogP) is 4.60. The van der Waals surface area contributed by atoms with Crippen LogP contribution in [-0.2, 0) is 15.1 Å². The molecule has 0 aromatic heterocycles. The molecule has 3 aliphatic rings. The number of rotatable bonds is 5. The zero-order valence-corrected chi connectivity index (χ0v) is 19.0. The zero-order chi connectivity index (χ0) is 22.0. The van der Waals surface area contributed by atoms with Gasteiger partial charge >= 0.3 is 6.03 Å². The van der Waals surface area contributed by atoms with Crippen molar-refractivity contribution in [2.75, 3.05) is 6.54 Å². The first-order valence-corrected chi connectivity index (χ1v) is 12.0. The molecule has 1 heterocycles. The van der Waals surface area contributed by atoms with Crippen LogP contribution in [0, 0.1) is 0 Å². The molecule has 1 aromatic rings. The topological polar surface area (TPSA) is 69.7 Å². The first-order valence-electron chi connectivity index (χ1n) is 11.6. The van der Waals surface area contributed by atoms with Crippen molar-refractivity contribution in [3.05, 3.63) is 34.9 Å². The second-order valence-electron chi connectivity index (χ2n) is 9.31. The summed E-state index contributed by atoms with van der Waals surface area (Å²) in [6.45, 7) is 1.44. The maximum atomic E-state index is 13.5. The number of amides is 4. The average molecular weight is 446 g/mol. The molecular formula is C24H32ClN3O3. The number of carbonyl (C=O) groups is 3. The molecule has 2 aliphatic carbocycles. The summed E-state index contributed by atoms with van der Waals surface area (Å²) in [4.78, 5) is 42.7. The van der Waals surface area contributed by atoms with Crippen LogP contribution in [0.15, 0.2) is 24.3 Å². The van der Waals surface area contributed by atoms with Gasteiger partial charge in [-0.05, 0) is 38.7 Å². The lowest BCUT2D eigenvalue weighted by Gasteiger charge is -2.42.